The third-order valence-electron chi connectivity index (χ3n) is 4.47. The van der Waals surface area contributed by atoms with Crippen LogP contribution in [0, 0.1) is 0 Å². The van der Waals surface area contributed by atoms with Crippen LogP contribution in [-0.4, -0.2) is 34.0 Å². The minimum Gasteiger partial charge on any atom is -0.393 e. The first-order chi connectivity index (χ1) is 9.29. The molecule has 1 aliphatic rings. The molecule has 1 unspecified atom stereocenters. The van der Waals surface area contributed by atoms with Gasteiger partial charge in [-0.25, -0.2) is 0 Å². The van der Waals surface area contributed by atoms with Gasteiger partial charge in [-0.1, -0.05) is 19.8 Å². The predicted molar refractivity (Wildman–Crippen MR) is 84.6 cm³/mol. The van der Waals surface area contributed by atoms with Crippen molar-refractivity contribution in [3.8, 4) is 0 Å². The minimum atomic E-state index is -0.152. The zero-order valence-corrected chi connectivity index (χ0v) is 14.2. The quantitative estimate of drug-likeness (QED) is 0.675. The summed E-state index contributed by atoms with van der Waals surface area (Å²) < 4.78 is 0. The zero-order valence-electron chi connectivity index (χ0n) is 14.2. The van der Waals surface area contributed by atoms with Crippen molar-refractivity contribution in [2.24, 2.45) is 0 Å². The van der Waals surface area contributed by atoms with Gasteiger partial charge in [0.2, 0.25) is 0 Å². The van der Waals surface area contributed by atoms with Gasteiger partial charge in [-0.3, -0.25) is 4.84 Å². The normalized spacial score (nSPS) is 23.7. The summed E-state index contributed by atoms with van der Waals surface area (Å²) in [4.78, 5) is 6.09. The van der Waals surface area contributed by atoms with E-state index >= 15 is 0 Å². The maximum Gasteiger partial charge on any atom is 0.0686 e. The monoisotopic (exact) mass is 285 g/mol. The minimum absolute atomic E-state index is 0.114. The number of aliphatic hydroxyl groups excluding tert-OH is 1. The summed E-state index contributed by atoms with van der Waals surface area (Å²) in [7, 11) is 0. The van der Waals surface area contributed by atoms with Gasteiger partial charge in [0.05, 0.1) is 12.7 Å². The number of rotatable bonds is 8. The van der Waals surface area contributed by atoms with Crippen LogP contribution in [-0.2, 0) is 4.84 Å². The van der Waals surface area contributed by atoms with Gasteiger partial charge in [0.1, 0.15) is 0 Å². The summed E-state index contributed by atoms with van der Waals surface area (Å²) in [6.45, 7) is 12.0. The van der Waals surface area contributed by atoms with Gasteiger partial charge < -0.3 is 5.11 Å². The van der Waals surface area contributed by atoms with E-state index in [0.29, 0.717) is 0 Å². The van der Waals surface area contributed by atoms with Gasteiger partial charge in [-0.05, 0) is 66.2 Å². The number of unbranched alkanes of at least 4 members (excludes halogenated alkanes) is 1. The number of hydrogen-bond acceptors (Lipinski definition) is 3. The molecule has 0 aromatic heterocycles. The molecule has 3 nitrogen and oxygen atoms in total. The lowest BCUT2D eigenvalue weighted by Gasteiger charge is -2.51. The van der Waals surface area contributed by atoms with E-state index < -0.39 is 0 Å². The van der Waals surface area contributed by atoms with Crippen molar-refractivity contribution in [3.05, 3.63) is 0 Å². The largest absolute Gasteiger partial charge is 0.393 e. The molecule has 120 valence electrons. The Hall–Kier alpha value is -0.120. The summed E-state index contributed by atoms with van der Waals surface area (Å²) in [6, 6.07) is 0. The Bertz CT molecular complexity index is 260. The lowest BCUT2D eigenvalue weighted by atomic mass is 9.82. The van der Waals surface area contributed by atoms with E-state index in [1.807, 2.05) is 0 Å². The molecule has 0 aliphatic carbocycles. The molecule has 1 aliphatic heterocycles. The fourth-order valence-corrected chi connectivity index (χ4v) is 3.38. The fraction of sp³-hybridized carbons (Fsp3) is 1.00. The van der Waals surface area contributed by atoms with Crippen LogP contribution >= 0.6 is 0 Å². The molecule has 3 heteroatoms. The molecule has 1 heterocycles. The summed E-state index contributed by atoms with van der Waals surface area (Å²) >= 11 is 0. The average Bonchev–Trinajstić information content (AvgIpc) is 2.33. The number of aliphatic hydroxyl groups is 1. The van der Waals surface area contributed by atoms with E-state index in [-0.39, 0.29) is 17.2 Å². The van der Waals surface area contributed by atoms with E-state index in [4.69, 9.17) is 4.84 Å². The standard InChI is InChI=1S/C17H35NO2/c1-6-7-10-15(19)11-8-14-20-18-16(2,3)12-9-13-17(18,4)5/h15,19H,6-14H2,1-5H3. The highest BCUT2D eigenvalue weighted by Gasteiger charge is 2.42. The first-order valence-electron chi connectivity index (χ1n) is 8.41. The Morgan fingerprint density at radius 1 is 1.05 bits per heavy atom. The number of hydrogen-bond donors (Lipinski definition) is 1. The van der Waals surface area contributed by atoms with Crippen LogP contribution in [0.4, 0.5) is 0 Å². The van der Waals surface area contributed by atoms with Gasteiger partial charge >= 0.3 is 0 Å². The SMILES string of the molecule is CCCCC(O)CCCON1C(C)(C)CCCC1(C)C. The topological polar surface area (TPSA) is 32.7 Å². The first-order valence-corrected chi connectivity index (χ1v) is 8.41. The van der Waals surface area contributed by atoms with Crippen LogP contribution in [0.5, 0.6) is 0 Å². The molecule has 0 saturated carbocycles. The Morgan fingerprint density at radius 3 is 2.15 bits per heavy atom. The molecule has 0 amide bonds. The Labute approximate surface area is 125 Å². The lowest BCUT2D eigenvalue weighted by molar-refractivity contribution is -0.281. The van der Waals surface area contributed by atoms with E-state index in [1.54, 1.807) is 0 Å². The second-order valence-corrected chi connectivity index (χ2v) is 7.54. The Morgan fingerprint density at radius 2 is 1.60 bits per heavy atom. The third kappa shape index (κ3) is 5.34. The molecular weight excluding hydrogens is 250 g/mol. The molecule has 1 N–H and O–H groups in total. The van der Waals surface area contributed by atoms with E-state index in [0.717, 1.165) is 38.7 Å². The zero-order chi connectivity index (χ0) is 15.2. The second-order valence-electron chi connectivity index (χ2n) is 7.54. The molecule has 0 aromatic rings. The van der Waals surface area contributed by atoms with E-state index in [9.17, 15) is 5.11 Å². The highest BCUT2D eigenvalue weighted by atomic mass is 16.7. The molecule has 0 radical (unpaired) electrons. The van der Waals surface area contributed by atoms with Crippen LogP contribution in [0.15, 0.2) is 0 Å². The van der Waals surface area contributed by atoms with Crippen molar-refractivity contribution in [1.82, 2.24) is 5.06 Å². The highest BCUT2D eigenvalue weighted by molar-refractivity contribution is 4.92. The summed E-state index contributed by atoms with van der Waals surface area (Å²) in [6.07, 6.45) is 8.50. The molecule has 0 spiro atoms. The van der Waals surface area contributed by atoms with Gasteiger partial charge in [0, 0.05) is 11.1 Å². The molecule has 0 bridgehead atoms. The van der Waals surface area contributed by atoms with E-state index in [2.05, 4.69) is 39.7 Å². The maximum atomic E-state index is 9.85. The number of hydroxylamine groups is 2. The summed E-state index contributed by atoms with van der Waals surface area (Å²) in [5, 5.41) is 12.1. The molecule has 0 aromatic carbocycles. The summed E-state index contributed by atoms with van der Waals surface area (Å²) in [5.74, 6) is 0. The van der Waals surface area contributed by atoms with Crippen molar-refractivity contribution in [2.45, 2.75) is 103 Å². The van der Waals surface area contributed by atoms with Crippen molar-refractivity contribution >= 4 is 0 Å². The fourth-order valence-electron chi connectivity index (χ4n) is 3.38. The van der Waals surface area contributed by atoms with Gasteiger partial charge in [0.25, 0.3) is 0 Å². The van der Waals surface area contributed by atoms with Crippen molar-refractivity contribution in [2.75, 3.05) is 6.61 Å². The van der Waals surface area contributed by atoms with Crippen LogP contribution < -0.4 is 0 Å². The van der Waals surface area contributed by atoms with E-state index in [1.165, 1.54) is 19.3 Å². The summed E-state index contributed by atoms with van der Waals surface area (Å²) in [5.41, 5.74) is 0.227. The molecule has 20 heavy (non-hydrogen) atoms. The smallest absolute Gasteiger partial charge is 0.0686 e. The molecule has 1 fully saturated rings. The second kappa shape index (κ2) is 7.77. The highest BCUT2D eigenvalue weighted by Crippen LogP contribution is 2.38. The van der Waals surface area contributed by atoms with Crippen LogP contribution in [0.1, 0.15) is 86.0 Å². The van der Waals surface area contributed by atoms with Gasteiger partial charge in [-0.2, -0.15) is 5.06 Å². The Kier molecular flexibility index (Phi) is 6.96. The Balaban J connectivity index is 2.32. The van der Waals surface area contributed by atoms with Crippen molar-refractivity contribution in [1.29, 1.82) is 0 Å². The van der Waals surface area contributed by atoms with Crippen molar-refractivity contribution in [3.63, 3.8) is 0 Å². The van der Waals surface area contributed by atoms with Gasteiger partial charge in [-0.15, -0.1) is 0 Å². The van der Waals surface area contributed by atoms with Crippen molar-refractivity contribution < 1.29 is 9.94 Å². The molecule has 1 atom stereocenters. The third-order valence-corrected chi connectivity index (χ3v) is 4.47. The molecular formula is C17H35NO2. The number of piperidine rings is 1. The molecule has 1 rings (SSSR count). The number of nitrogens with zero attached hydrogens (tertiary/aromatic N) is 1. The van der Waals surface area contributed by atoms with Gasteiger partial charge in [0.15, 0.2) is 0 Å². The first kappa shape index (κ1) is 17.9. The lowest BCUT2D eigenvalue weighted by Crippen LogP contribution is -2.58. The molecule has 1 saturated heterocycles. The predicted octanol–water partition coefficient (Wildman–Crippen LogP) is 4.29. The van der Waals surface area contributed by atoms with Crippen LogP contribution in [0.25, 0.3) is 0 Å². The van der Waals surface area contributed by atoms with Crippen LogP contribution in [0.2, 0.25) is 0 Å². The van der Waals surface area contributed by atoms with Crippen LogP contribution in [0.3, 0.4) is 0 Å². The maximum absolute atomic E-state index is 9.85. The average molecular weight is 285 g/mol.